The number of nitrogens with zero attached hydrogens (tertiary/aromatic N) is 2. The maximum Gasteiger partial charge on any atom is 0.260 e. The van der Waals surface area contributed by atoms with Crippen molar-refractivity contribution in [1.82, 2.24) is 4.90 Å². The van der Waals surface area contributed by atoms with Crippen LogP contribution in [-0.4, -0.2) is 30.5 Å². The van der Waals surface area contributed by atoms with E-state index in [0.717, 1.165) is 32.4 Å². The second kappa shape index (κ2) is 8.34. The molecule has 0 bridgehead atoms. The number of hydrogen-bond donors (Lipinski definition) is 0. The van der Waals surface area contributed by atoms with Gasteiger partial charge >= 0.3 is 0 Å². The molecule has 1 saturated heterocycles. The first kappa shape index (κ1) is 17.0. The highest BCUT2D eigenvalue weighted by Gasteiger charge is 2.23. The molecule has 2 aromatic rings. The second-order valence-corrected chi connectivity index (χ2v) is 6.41. The van der Waals surface area contributed by atoms with Gasteiger partial charge in [-0.2, -0.15) is 5.26 Å². The molecule has 4 heteroatoms. The van der Waals surface area contributed by atoms with Gasteiger partial charge in [-0.3, -0.25) is 4.79 Å². The molecule has 2 aromatic carbocycles. The lowest BCUT2D eigenvalue weighted by atomic mass is 9.90. The van der Waals surface area contributed by atoms with Crippen LogP contribution in [0.4, 0.5) is 0 Å². The number of amides is 1. The summed E-state index contributed by atoms with van der Waals surface area (Å²) in [5, 5.41) is 9.06. The van der Waals surface area contributed by atoms with Gasteiger partial charge in [0.05, 0.1) is 5.56 Å². The average Bonchev–Trinajstić information content (AvgIpc) is 2.67. The van der Waals surface area contributed by atoms with Crippen molar-refractivity contribution in [2.24, 2.45) is 5.92 Å². The molecule has 1 fully saturated rings. The second-order valence-electron chi connectivity index (χ2n) is 6.41. The molecule has 0 aromatic heterocycles. The fraction of sp³-hybridized carbons (Fsp3) is 0.333. The van der Waals surface area contributed by atoms with Gasteiger partial charge in [-0.15, -0.1) is 0 Å². The molecule has 0 N–H and O–H groups in total. The van der Waals surface area contributed by atoms with E-state index in [1.165, 1.54) is 5.56 Å². The number of carbonyl (C=O) groups is 1. The molecule has 4 nitrogen and oxygen atoms in total. The van der Waals surface area contributed by atoms with E-state index in [9.17, 15) is 4.79 Å². The maximum atomic E-state index is 12.4. The van der Waals surface area contributed by atoms with Gasteiger partial charge in [0.15, 0.2) is 6.61 Å². The lowest BCUT2D eigenvalue weighted by Gasteiger charge is -2.32. The molecular formula is C21H22N2O2. The minimum Gasteiger partial charge on any atom is -0.482 e. The predicted octanol–water partition coefficient (Wildman–Crippen LogP) is 3.42. The Kier molecular flexibility index (Phi) is 5.69. The first-order valence-electron chi connectivity index (χ1n) is 8.70. The topological polar surface area (TPSA) is 53.3 Å². The van der Waals surface area contributed by atoms with Gasteiger partial charge in [-0.05, 0) is 42.9 Å². The van der Waals surface area contributed by atoms with Gasteiger partial charge < -0.3 is 9.64 Å². The number of benzene rings is 2. The quantitative estimate of drug-likeness (QED) is 0.842. The lowest BCUT2D eigenvalue weighted by Crippen LogP contribution is -2.41. The zero-order chi connectivity index (χ0) is 17.5. The van der Waals surface area contributed by atoms with E-state index in [1.807, 2.05) is 11.0 Å². The average molecular weight is 334 g/mol. The van der Waals surface area contributed by atoms with E-state index in [-0.39, 0.29) is 12.5 Å². The largest absolute Gasteiger partial charge is 0.482 e. The fourth-order valence-corrected chi connectivity index (χ4v) is 3.25. The van der Waals surface area contributed by atoms with Crippen LogP contribution >= 0.6 is 0 Å². The van der Waals surface area contributed by atoms with Crippen LogP contribution in [0, 0.1) is 17.2 Å². The third-order valence-electron chi connectivity index (χ3n) is 4.69. The molecule has 0 aliphatic carbocycles. The number of ether oxygens (including phenoxy) is 1. The van der Waals surface area contributed by atoms with Crippen molar-refractivity contribution in [2.75, 3.05) is 19.7 Å². The molecule has 128 valence electrons. The summed E-state index contributed by atoms with van der Waals surface area (Å²) in [5.74, 6) is 1.09. The first-order valence-corrected chi connectivity index (χ1v) is 8.70. The van der Waals surface area contributed by atoms with E-state index < -0.39 is 0 Å². The maximum absolute atomic E-state index is 12.4. The number of likely N-dealkylation sites (tertiary alicyclic amines) is 1. The summed E-state index contributed by atoms with van der Waals surface area (Å²) >= 11 is 0. The van der Waals surface area contributed by atoms with Crippen LogP contribution in [0.25, 0.3) is 0 Å². The Morgan fingerprint density at radius 1 is 1.08 bits per heavy atom. The predicted molar refractivity (Wildman–Crippen MR) is 96.1 cm³/mol. The van der Waals surface area contributed by atoms with Crippen molar-refractivity contribution in [3.05, 3.63) is 65.7 Å². The van der Waals surface area contributed by atoms with Gasteiger partial charge in [-0.1, -0.05) is 42.5 Å². The van der Waals surface area contributed by atoms with Crippen molar-refractivity contribution in [1.29, 1.82) is 5.26 Å². The summed E-state index contributed by atoms with van der Waals surface area (Å²) in [7, 11) is 0. The minimum absolute atomic E-state index is 0.00842. The molecule has 0 spiro atoms. The molecule has 1 heterocycles. The Labute approximate surface area is 148 Å². The number of para-hydroxylation sites is 1. The minimum atomic E-state index is -0.0119. The summed E-state index contributed by atoms with van der Waals surface area (Å²) in [4.78, 5) is 14.2. The van der Waals surface area contributed by atoms with E-state index in [2.05, 4.69) is 30.3 Å². The lowest BCUT2D eigenvalue weighted by molar-refractivity contribution is -0.134. The van der Waals surface area contributed by atoms with Crippen molar-refractivity contribution in [3.63, 3.8) is 0 Å². The Balaban J connectivity index is 1.46. The van der Waals surface area contributed by atoms with Crippen molar-refractivity contribution in [2.45, 2.75) is 19.3 Å². The first-order chi connectivity index (χ1) is 12.3. The molecule has 3 rings (SSSR count). The standard InChI is InChI=1S/C21H22N2O2/c22-15-19-8-4-5-9-20(19)25-16-21(24)23-12-10-18(11-13-23)14-17-6-2-1-3-7-17/h1-9,18H,10-14,16H2. The van der Waals surface area contributed by atoms with Gasteiger partial charge in [0.1, 0.15) is 11.8 Å². The summed E-state index contributed by atoms with van der Waals surface area (Å²) in [6.07, 6.45) is 3.12. The number of hydrogen-bond acceptors (Lipinski definition) is 3. The summed E-state index contributed by atoms with van der Waals surface area (Å²) in [6.45, 7) is 1.54. The highest BCUT2D eigenvalue weighted by molar-refractivity contribution is 5.78. The van der Waals surface area contributed by atoms with Crippen molar-refractivity contribution in [3.8, 4) is 11.8 Å². The zero-order valence-electron chi connectivity index (χ0n) is 14.2. The van der Waals surface area contributed by atoms with Gasteiger partial charge in [0.25, 0.3) is 5.91 Å². The van der Waals surface area contributed by atoms with E-state index >= 15 is 0 Å². The molecule has 0 atom stereocenters. The third-order valence-corrected chi connectivity index (χ3v) is 4.69. The van der Waals surface area contributed by atoms with Gasteiger partial charge in [0.2, 0.25) is 0 Å². The van der Waals surface area contributed by atoms with E-state index in [1.54, 1.807) is 24.3 Å². The smallest absolute Gasteiger partial charge is 0.260 e. The highest BCUT2D eigenvalue weighted by atomic mass is 16.5. The van der Waals surface area contributed by atoms with Crippen LogP contribution in [0.3, 0.4) is 0 Å². The SMILES string of the molecule is N#Cc1ccccc1OCC(=O)N1CCC(Cc2ccccc2)CC1. The number of piperidine rings is 1. The monoisotopic (exact) mass is 334 g/mol. The Bertz CT molecular complexity index is 744. The molecule has 0 unspecified atom stereocenters. The van der Waals surface area contributed by atoms with Crippen molar-refractivity contribution < 1.29 is 9.53 Å². The van der Waals surface area contributed by atoms with Crippen LogP contribution in [0.5, 0.6) is 5.75 Å². The Morgan fingerprint density at radius 3 is 2.48 bits per heavy atom. The summed E-state index contributed by atoms with van der Waals surface area (Å²) < 4.78 is 5.55. The van der Waals surface area contributed by atoms with Crippen LogP contribution in [-0.2, 0) is 11.2 Å². The van der Waals surface area contributed by atoms with Crippen LogP contribution < -0.4 is 4.74 Å². The normalized spacial score (nSPS) is 14.8. The van der Waals surface area contributed by atoms with Crippen LogP contribution in [0.15, 0.2) is 54.6 Å². The summed E-state index contributed by atoms with van der Waals surface area (Å²) in [6, 6.07) is 19.6. The van der Waals surface area contributed by atoms with Crippen molar-refractivity contribution >= 4 is 5.91 Å². The molecule has 1 aliphatic rings. The Morgan fingerprint density at radius 2 is 1.76 bits per heavy atom. The molecular weight excluding hydrogens is 312 g/mol. The van der Waals surface area contributed by atoms with Crippen LogP contribution in [0.1, 0.15) is 24.0 Å². The molecule has 1 aliphatic heterocycles. The third kappa shape index (κ3) is 4.60. The highest BCUT2D eigenvalue weighted by Crippen LogP contribution is 2.22. The van der Waals surface area contributed by atoms with Gasteiger partial charge in [-0.25, -0.2) is 0 Å². The number of nitriles is 1. The fourth-order valence-electron chi connectivity index (χ4n) is 3.25. The van der Waals surface area contributed by atoms with E-state index in [4.69, 9.17) is 10.00 Å². The summed E-state index contributed by atoms with van der Waals surface area (Å²) in [5.41, 5.74) is 1.82. The number of carbonyl (C=O) groups excluding carboxylic acids is 1. The molecule has 0 radical (unpaired) electrons. The Hall–Kier alpha value is -2.80. The van der Waals surface area contributed by atoms with Gasteiger partial charge in [0, 0.05) is 13.1 Å². The molecule has 1 amide bonds. The molecule has 25 heavy (non-hydrogen) atoms. The van der Waals surface area contributed by atoms with E-state index in [0.29, 0.717) is 17.2 Å². The van der Waals surface area contributed by atoms with Crippen LogP contribution in [0.2, 0.25) is 0 Å². The zero-order valence-corrected chi connectivity index (χ0v) is 14.2. The number of rotatable bonds is 5. The molecule has 0 saturated carbocycles.